The number of ether oxygens (including phenoxy) is 2. The van der Waals surface area contributed by atoms with Gasteiger partial charge in [-0.2, -0.15) is 0 Å². The molecule has 1 aliphatic heterocycles. The van der Waals surface area contributed by atoms with Crippen LogP contribution in [-0.4, -0.2) is 29.9 Å². The zero-order chi connectivity index (χ0) is 25.8. The fourth-order valence-electron chi connectivity index (χ4n) is 3.59. The molecule has 0 aliphatic carbocycles. The van der Waals surface area contributed by atoms with Gasteiger partial charge in [0.1, 0.15) is 12.2 Å². The quantitative estimate of drug-likeness (QED) is 0.229. The van der Waals surface area contributed by atoms with Gasteiger partial charge in [-0.05, 0) is 66.1 Å². The largest absolute Gasteiger partial charge is 0.493 e. The smallest absolute Gasteiger partial charge is 0.335 e. The molecular formula is C26H21N3O7. The number of barbiturate groups is 1. The second-order valence-corrected chi connectivity index (χ2v) is 7.92. The van der Waals surface area contributed by atoms with Gasteiger partial charge >= 0.3 is 6.03 Å². The normalized spacial score (nSPS) is 14.6. The maximum Gasteiger partial charge on any atom is 0.335 e. The first-order chi connectivity index (χ1) is 17.3. The van der Waals surface area contributed by atoms with E-state index in [1.807, 2.05) is 13.0 Å². The number of carbonyl (C=O) groups excluding carboxylic acids is 3. The fourth-order valence-corrected chi connectivity index (χ4v) is 3.59. The Morgan fingerprint density at radius 1 is 1.00 bits per heavy atom. The minimum Gasteiger partial charge on any atom is -0.493 e. The van der Waals surface area contributed by atoms with Crippen LogP contribution in [0.25, 0.3) is 6.08 Å². The molecule has 0 atom stereocenters. The number of nitro benzene ring substituents is 1. The number of amides is 4. The number of carbonyl (C=O) groups is 3. The van der Waals surface area contributed by atoms with Crippen LogP contribution in [0.4, 0.5) is 16.2 Å². The average Bonchev–Trinajstić information content (AvgIpc) is 2.85. The standard InChI is InChI=1S/C26H21N3O7/c1-16-4-3-5-20(12-16)28-25(31)21(24(30)27-26(28)32)13-18-8-11-22(23(14-18)35-2)36-15-17-6-9-19(10-7-17)29(33)34/h3-14H,15H2,1-2H3,(H,27,30,32)/b21-13+. The molecule has 0 bridgehead atoms. The van der Waals surface area contributed by atoms with E-state index in [0.717, 1.165) is 16.0 Å². The summed E-state index contributed by atoms with van der Waals surface area (Å²) in [6, 6.07) is 16.8. The van der Waals surface area contributed by atoms with Crippen molar-refractivity contribution in [2.45, 2.75) is 13.5 Å². The molecule has 0 radical (unpaired) electrons. The van der Waals surface area contributed by atoms with Crippen molar-refractivity contribution in [1.29, 1.82) is 0 Å². The van der Waals surface area contributed by atoms with Crippen LogP contribution in [-0.2, 0) is 16.2 Å². The third-order valence-corrected chi connectivity index (χ3v) is 5.40. The molecule has 4 amide bonds. The molecule has 0 saturated carbocycles. The number of nitrogens with zero attached hydrogens (tertiary/aromatic N) is 2. The summed E-state index contributed by atoms with van der Waals surface area (Å²) in [6.07, 6.45) is 1.37. The highest BCUT2D eigenvalue weighted by Crippen LogP contribution is 2.31. The minimum atomic E-state index is -0.819. The molecule has 3 aromatic rings. The Morgan fingerprint density at radius 3 is 2.42 bits per heavy atom. The van der Waals surface area contributed by atoms with Crippen LogP contribution in [0.1, 0.15) is 16.7 Å². The monoisotopic (exact) mass is 487 g/mol. The second kappa shape index (κ2) is 10.1. The fraction of sp³-hybridized carbons (Fsp3) is 0.115. The van der Waals surface area contributed by atoms with Gasteiger partial charge in [0.25, 0.3) is 17.5 Å². The maximum atomic E-state index is 13.1. The van der Waals surface area contributed by atoms with Crippen LogP contribution in [0, 0.1) is 17.0 Å². The maximum absolute atomic E-state index is 13.1. The molecule has 0 aromatic heterocycles. The van der Waals surface area contributed by atoms with E-state index >= 15 is 0 Å². The molecule has 1 N–H and O–H groups in total. The third-order valence-electron chi connectivity index (χ3n) is 5.40. The van der Waals surface area contributed by atoms with Crippen molar-refractivity contribution in [3.05, 3.63) is 99.1 Å². The van der Waals surface area contributed by atoms with E-state index in [2.05, 4.69) is 5.32 Å². The summed E-state index contributed by atoms with van der Waals surface area (Å²) >= 11 is 0. The van der Waals surface area contributed by atoms with Crippen LogP contribution in [0.15, 0.2) is 72.3 Å². The number of benzene rings is 3. The molecule has 3 aromatic carbocycles. The molecule has 0 unspecified atom stereocenters. The zero-order valence-corrected chi connectivity index (χ0v) is 19.4. The molecule has 1 heterocycles. The number of urea groups is 1. The number of rotatable bonds is 7. The number of nitrogens with one attached hydrogen (secondary N) is 1. The highest BCUT2D eigenvalue weighted by molar-refractivity contribution is 6.39. The van der Waals surface area contributed by atoms with Gasteiger partial charge in [0.05, 0.1) is 17.7 Å². The average molecular weight is 487 g/mol. The van der Waals surface area contributed by atoms with Crippen molar-refractivity contribution in [3.63, 3.8) is 0 Å². The molecule has 10 nitrogen and oxygen atoms in total. The van der Waals surface area contributed by atoms with E-state index < -0.39 is 22.8 Å². The van der Waals surface area contributed by atoms with Crippen LogP contribution in [0.5, 0.6) is 11.5 Å². The topological polar surface area (TPSA) is 128 Å². The van der Waals surface area contributed by atoms with E-state index in [-0.39, 0.29) is 17.9 Å². The Bertz CT molecular complexity index is 1400. The summed E-state index contributed by atoms with van der Waals surface area (Å²) in [5.41, 5.74) is 2.18. The van der Waals surface area contributed by atoms with Crippen molar-refractivity contribution < 1.29 is 28.8 Å². The highest BCUT2D eigenvalue weighted by Gasteiger charge is 2.36. The lowest BCUT2D eigenvalue weighted by Gasteiger charge is -2.26. The van der Waals surface area contributed by atoms with E-state index in [1.54, 1.807) is 48.5 Å². The molecular weight excluding hydrogens is 466 g/mol. The first-order valence-electron chi connectivity index (χ1n) is 10.8. The zero-order valence-electron chi connectivity index (χ0n) is 19.4. The van der Waals surface area contributed by atoms with E-state index in [1.165, 1.54) is 25.3 Å². The Balaban J connectivity index is 1.56. The van der Waals surface area contributed by atoms with Gasteiger partial charge in [0.15, 0.2) is 11.5 Å². The van der Waals surface area contributed by atoms with Gasteiger partial charge in [-0.1, -0.05) is 18.2 Å². The first-order valence-corrected chi connectivity index (χ1v) is 10.8. The summed E-state index contributed by atoms with van der Waals surface area (Å²) in [7, 11) is 1.45. The highest BCUT2D eigenvalue weighted by atomic mass is 16.6. The Labute approximate surface area is 205 Å². The lowest BCUT2D eigenvalue weighted by Crippen LogP contribution is -2.54. The van der Waals surface area contributed by atoms with Crippen LogP contribution in [0.2, 0.25) is 0 Å². The number of hydrogen-bond donors (Lipinski definition) is 1. The van der Waals surface area contributed by atoms with Gasteiger partial charge in [-0.25, -0.2) is 9.69 Å². The van der Waals surface area contributed by atoms with Gasteiger partial charge in [-0.15, -0.1) is 0 Å². The number of nitro groups is 1. The second-order valence-electron chi connectivity index (χ2n) is 7.92. The molecule has 182 valence electrons. The molecule has 4 rings (SSSR count). The minimum absolute atomic E-state index is 0.0160. The van der Waals surface area contributed by atoms with Crippen LogP contribution >= 0.6 is 0 Å². The molecule has 10 heteroatoms. The Hall–Kier alpha value is -4.99. The number of non-ortho nitro benzene ring substituents is 1. The SMILES string of the molecule is COc1cc(/C=C2\C(=O)NC(=O)N(c3cccc(C)c3)C2=O)ccc1OCc1ccc([N+](=O)[O-])cc1. The van der Waals surface area contributed by atoms with Crippen molar-refractivity contribution in [2.75, 3.05) is 12.0 Å². The molecule has 36 heavy (non-hydrogen) atoms. The van der Waals surface area contributed by atoms with Crippen molar-refractivity contribution >= 4 is 35.3 Å². The molecule has 1 aliphatic rings. The summed E-state index contributed by atoms with van der Waals surface area (Å²) in [5, 5.41) is 13.0. The lowest BCUT2D eigenvalue weighted by atomic mass is 10.1. The van der Waals surface area contributed by atoms with Gasteiger partial charge in [-0.3, -0.25) is 25.0 Å². The van der Waals surface area contributed by atoms with Crippen molar-refractivity contribution in [3.8, 4) is 11.5 Å². The summed E-state index contributed by atoms with van der Waals surface area (Å²) in [4.78, 5) is 49.2. The van der Waals surface area contributed by atoms with Gasteiger partial charge in [0.2, 0.25) is 0 Å². The number of aryl methyl sites for hydroxylation is 1. The number of imide groups is 2. The third kappa shape index (κ3) is 5.07. The van der Waals surface area contributed by atoms with Crippen LogP contribution < -0.4 is 19.7 Å². The Morgan fingerprint density at radius 2 is 1.75 bits per heavy atom. The molecule has 1 fully saturated rings. The first kappa shape index (κ1) is 24.1. The number of methoxy groups -OCH3 is 1. The van der Waals surface area contributed by atoms with Crippen molar-refractivity contribution in [2.24, 2.45) is 0 Å². The summed E-state index contributed by atoms with van der Waals surface area (Å²) < 4.78 is 11.2. The number of anilines is 1. The van der Waals surface area contributed by atoms with Gasteiger partial charge in [0, 0.05) is 12.1 Å². The summed E-state index contributed by atoms with van der Waals surface area (Å²) in [5.74, 6) is -0.797. The summed E-state index contributed by atoms with van der Waals surface area (Å²) in [6.45, 7) is 1.97. The van der Waals surface area contributed by atoms with E-state index in [4.69, 9.17) is 9.47 Å². The molecule has 1 saturated heterocycles. The van der Waals surface area contributed by atoms with Crippen LogP contribution in [0.3, 0.4) is 0 Å². The van der Waals surface area contributed by atoms with E-state index in [9.17, 15) is 24.5 Å². The van der Waals surface area contributed by atoms with Crippen molar-refractivity contribution in [1.82, 2.24) is 5.32 Å². The van der Waals surface area contributed by atoms with E-state index in [0.29, 0.717) is 22.7 Å². The molecule has 0 spiro atoms. The predicted molar refractivity (Wildman–Crippen MR) is 131 cm³/mol. The lowest BCUT2D eigenvalue weighted by molar-refractivity contribution is -0.384. The Kier molecular flexibility index (Phi) is 6.77. The predicted octanol–water partition coefficient (Wildman–Crippen LogP) is 4.16. The van der Waals surface area contributed by atoms with Gasteiger partial charge < -0.3 is 9.47 Å². The number of hydrogen-bond acceptors (Lipinski definition) is 7.